The fourth-order valence-corrected chi connectivity index (χ4v) is 2.69. The van der Waals surface area contributed by atoms with E-state index in [0.29, 0.717) is 19.2 Å². The molecule has 4 heteroatoms. The number of carbonyl (C=O) groups is 1. The Balaban J connectivity index is 1.71. The van der Waals surface area contributed by atoms with Crippen molar-refractivity contribution in [2.24, 2.45) is 5.92 Å². The third-order valence-electron chi connectivity index (χ3n) is 3.84. The zero-order valence-corrected chi connectivity index (χ0v) is 10.9. The monoisotopic (exact) mass is 261 g/mol. The van der Waals surface area contributed by atoms with Gasteiger partial charge in [0.1, 0.15) is 12.4 Å². The van der Waals surface area contributed by atoms with Crippen LogP contribution in [0.3, 0.4) is 0 Å². The number of carbonyl (C=O) groups excluding carboxylic acids is 1. The highest BCUT2D eigenvalue weighted by molar-refractivity contribution is 5.80. The number of benzene rings is 1. The number of aliphatic hydroxyl groups is 1. The van der Waals surface area contributed by atoms with Crippen molar-refractivity contribution in [2.45, 2.75) is 25.3 Å². The van der Waals surface area contributed by atoms with Crippen LogP contribution in [0.5, 0.6) is 5.75 Å². The quantitative estimate of drug-likeness (QED) is 0.886. The average Bonchev–Trinajstić information content (AvgIpc) is 3.28. The summed E-state index contributed by atoms with van der Waals surface area (Å²) in [5.74, 6) is 0.916. The molecule has 0 aromatic heterocycles. The molecular weight excluding hydrogens is 242 g/mol. The van der Waals surface area contributed by atoms with Gasteiger partial charge in [-0.2, -0.15) is 0 Å². The van der Waals surface area contributed by atoms with E-state index in [1.54, 1.807) is 0 Å². The van der Waals surface area contributed by atoms with E-state index in [9.17, 15) is 4.79 Å². The SMILES string of the molecule is O=C(C1COc2ccccc2C1)N(CCO)C1CC1. The average molecular weight is 261 g/mol. The van der Waals surface area contributed by atoms with Gasteiger partial charge >= 0.3 is 0 Å². The van der Waals surface area contributed by atoms with E-state index in [1.165, 1.54) is 0 Å². The number of amides is 1. The minimum atomic E-state index is -0.109. The van der Waals surface area contributed by atoms with Crippen molar-refractivity contribution in [3.05, 3.63) is 29.8 Å². The Hall–Kier alpha value is -1.55. The van der Waals surface area contributed by atoms with Crippen LogP contribution in [0.15, 0.2) is 24.3 Å². The predicted octanol–water partition coefficient (Wildman–Crippen LogP) is 1.22. The Labute approximate surface area is 113 Å². The standard InChI is InChI=1S/C15H19NO3/c17-8-7-16(13-5-6-13)15(18)12-9-11-3-1-2-4-14(11)19-10-12/h1-4,12-13,17H,5-10H2. The normalized spacial score (nSPS) is 21.4. The van der Waals surface area contributed by atoms with E-state index >= 15 is 0 Å². The molecule has 102 valence electrons. The Morgan fingerprint density at radius 1 is 1.37 bits per heavy atom. The van der Waals surface area contributed by atoms with Crippen LogP contribution in [0.2, 0.25) is 0 Å². The summed E-state index contributed by atoms with van der Waals surface area (Å²) >= 11 is 0. The van der Waals surface area contributed by atoms with Crippen LogP contribution in [0.4, 0.5) is 0 Å². The summed E-state index contributed by atoms with van der Waals surface area (Å²) in [6.07, 6.45) is 2.87. The van der Waals surface area contributed by atoms with Gasteiger partial charge in [-0.3, -0.25) is 4.79 Å². The molecule has 0 spiro atoms. The van der Waals surface area contributed by atoms with Crippen LogP contribution >= 0.6 is 0 Å². The van der Waals surface area contributed by atoms with E-state index in [4.69, 9.17) is 9.84 Å². The molecule has 0 saturated heterocycles. The second-order valence-electron chi connectivity index (χ2n) is 5.31. The van der Waals surface area contributed by atoms with Crippen LogP contribution in [0.25, 0.3) is 0 Å². The first kappa shape index (κ1) is 12.5. The first-order valence-corrected chi connectivity index (χ1v) is 6.91. The summed E-state index contributed by atoms with van der Waals surface area (Å²) in [6.45, 7) is 0.929. The molecule has 1 heterocycles. The lowest BCUT2D eigenvalue weighted by Crippen LogP contribution is -2.43. The lowest BCUT2D eigenvalue weighted by Gasteiger charge is -2.30. The number of hydrogen-bond acceptors (Lipinski definition) is 3. The maximum Gasteiger partial charge on any atom is 0.229 e. The van der Waals surface area contributed by atoms with Gasteiger partial charge in [0.15, 0.2) is 0 Å². The van der Waals surface area contributed by atoms with E-state index in [0.717, 1.165) is 30.6 Å². The predicted molar refractivity (Wildman–Crippen MR) is 71.0 cm³/mol. The van der Waals surface area contributed by atoms with Gasteiger partial charge in [-0.15, -0.1) is 0 Å². The second kappa shape index (κ2) is 5.21. The van der Waals surface area contributed by atoms with Gasteiger partial charge in [-0.05, 0) is 30.9 Å². The summed E-state index contributed by atoms with van der Waals surface area (Å²) < 4.78 is 5.68. The van der Waals surface area contributed by atoms with Gasteiger partial charge in [0, 0.05) is 12.6 Å². The van der Waals surface area contributed by atoms with Crippen molar-refractivity contribution in [1.29, 1.82) is 0 Å². The van der Waals surface area contributed by atoms with E-state index in [-0.39, 0.29) is 18.4 Å². The Morgan fingerprint density at radius 2 is 2.16 bits per heavy atom. The van der Waals surface area contributed by atoms with Gasteiger partial charge in [0.05, 0.1) is 12.5 Å². The van der Waals surface area contributed by atoms with Gasteiger partial charge in [0.25, 0.3) is 0 Å². The van der Waals surface area contributed by atoms with Crippen LogP contribution in [0.1, 0.15) is 18.4 Å². The molecule has 1 atom stereocenters. The zero-order chi connectivity index (χ0) is 13.2. The second-order valence-corrected chi connectivity index (χ2v) is 5.31. The van der Waals surface area contributed by atoms with Crippen LogP contribution in [-0.2, 0) is 11.2 Å². The Bertz CT molecular complexity index is 470. The third-order valence-corrected chi connectivity index (χ3v) is 3.84. The molecule has 1 fully saturated rings. The van der Waals surface area contributed by atoms with Crippen LogP contribution in [-0.4, -0.2) is 41.7 Å². The number of ether oxygens (including phenoxy) is 1. The first-order valence-electron chi connectivity index (χ1n) is 6.91. The van der Waals surface area contributed by atoms with Crippen molar-refractivity contribution in [1.82, 2.24) is 4.90 Å². The minimum absolute atomic E-state index is 0.0341. The molecule has 1 aliphatic heterocycles. The number of hydrogen-bond donors (Lipinski definition) is 1. The van der Waals surface area contributed by atoms with Gasteiger partial charge in [-0.1, -0.05) is 18.2 Å². The highest BCUT2D eigenvalue weighted by Crippen LogP contribution is 2.31. The largest absolute Gasteiger partial charge is 0.492 e. The van der Waals surface area contributed by atoms with Crippen LogP contribution < -0.4 is 4.74 Å². The van der Waals surface area contributed by atoms with E-state index in [1.807, 2.05) is 29.2 Å². The smallest absolute Gasteiger partial charge is 0.229 e. The van der Waals surface area contributed by atoms with Crippen LogP contribution in [0, 0.1) is 5.92 Å². The van der Waals surface area contributed by atoms with E-state index < -0.39 is 0 Å². The first-order chi connectivity index (χ1) is 9.29. The van der Waals surface area contributed by atoms with Gasteiger partial charge in [0.2, 0.25) is 5.91 Å². The number of para-hydroxylation sites is 1. The molecule has 1 unspecified atom stereocenters. The highest BCUT2D eigenvalue weighted by Gasteiger charge is 2.37. The molecule has 0 radical (unpaired) electrons. The molecule has 2 aliphatic rings. The number of nitrogens with zero attached hydrogens (tertiary/aromatic N) is 1. The maximum absolute atomic E-state index is 12.5. The fraction of sp³-hybridized carbons (Fsp3) is 0.533. The molecule has 1 N–H and O–H groups in total. The summed E-state index contributed by atoms with van der Waals surface area (Å²) in [5, 5.41) is 9.09. The van der Waals surface area contributed by atoms with Crippen molar-refractivity contribution in [3.8, 4) is 5.75 Å². The minimum Gasteiger partial charge on any atom is -0.492 e. The molecule has 3 rings (SSSR count). The lowest BCUT2D eigenvalue weighted by molar-refractivity contribution is -0.138. The molecule has 1 aliphatic carbocycles. The maximum atomic E-state index is 12.5. The summed E-state index contributed by atoms with van der Waals surface area (Å²) in [4.78, 5) is 14.3. The summed E-state index contributed by atoms with van der Waals surface area (Å²) in [5.41, 5.74) is 1.10. The molecule has 19 heavy (non-hydrogen) atoms. The Morgan fingerprint density at radius 3 is 2.89 bits per heavy atom. The number of aliphatic hydroxyl groups excluding tert-OH is 1. The van der Waals surface area contributed by atoms with Crippen molar-refractivity contribution >= 4 is 5.91 Å². The molecule has 4 nitrogen and oxygen atoms in total. The Kier molecular flexibility index (Phi) is 3.42. The molecular formula is C15H19NO3. The van der Waals surface area contributed by atoms with Crippen molar-refractivity contribution in [2.75, 3.05) is 19.8 Å². The topological polar surface area (TPSA) is 49.8 Å². The highest BCUT2D eigenvalue weighted by atomic mass is 16.5. The number of fused-ring (bicyclic) bond motifs is 1. The number of rotatable bonds is 4. The summed E-state index contributed by atoms with van der Waals surface area (Å²) in [6, 6.07) is 8.23. The third kappa shape index (κ3) is 2.59. The molecule has 1 aromatic rings. The molecule has 0 bridgehead atoms. The molecule has 1 aromatic carbocycles. The lowest BCUT2D eigenvalue weighted by atomic mass is 9.95. The molecule has 1 saturated carbocycles. The zero-order valence-electron chi connectivity index (χ0n) is 10.9. The molecule has 1 amide bonds. The van der Waals surface area contributed by atoms with Gasteiger partial charge in [-0.25, -0.2) is 0 Å². The fourth-order valence-electron chi connectivity index (χ4n) is 2.69. The van der Waals surface area contributed by atoms with Gasteiger partial charge < -0.3 is 14.7 Å². The summed E-state index contributed by atoms with van der Waals surface area (Å²) in [7, 11) is 0. The van der Waals surface area contributed by atoms with Crippen molar-refractivity contribution in [3.63, 3.8) is 0 Å². The van der Waals surface area contributed by atoms with E-state index in [2.05, 4.69) is 0 Å². The van der Waals surface area contributed by atoms with Crippen molar-refractivity contribution < 1.29 is 14.6 Å².